The number of methoxy groups -OCH3 is 1. The van der Waals surface area contributed by atoms with Gasteiger partial charge in [0.25, 0.3) is 0 Å². The van der Waals surface area contributed by atoms with Gasteiger partial charge in [-0.3, -0.25) is 4.79 Å². The fourth-order valence-electron chi connectivity index (χ4n) is 2.07. The van der Waals surface area contributed by atoms with E-state index in [2.05, 4.69) is 10.6 Å². The SMILES string of the molecule is COc1ccc(Cl)cc1NC(=O)CNc1cc(C)ccc1C. The third-order valence-corrected chi connectivity index (χ3v) is 3.50. The van der Waals surface area contributed by atoms with E-state index in [4.69, 9.17) is 16.3 Å². The van der Waals surface area contributed by atoms with Gasteiger partial charge in [0.05, 0.1) is 19.3 Å². The van der Waals surface area contributed by atoms with Gasteiger partial charge in [0, 0.05) is 10.7 Å². The van der Waals surface area contributed by atoms with E-state index >= 15 is 0 Å². The molecule has 0 fully saturated rings. The minimum absolute atomic E-state index is 0.165. The van der Waals surface area contributed by atoms with Gasteiger partial charge in [-0.25, -0.2) is 0 Å². The van der Waals surface area contributed by atoms with Crippen LogP contribution in [0.1, 0.15) is 11.1 Å². The van der Waals surface area contributed by atoms with Crippen molar-refractivity contribution >= 4 is 28.9 Å². The number of carbonyl (C=O) groups is 1. The lowest BCUT2D eigenvalue weighted by Gasteiger charge is -2.13. The molecule has 0 aromatic heterocycles. The molecule has 0 saturated heterocycles. The van der Waals surface area contributed by atoms with Gasteiger partial charge in [-0.15, -0.1) is 0 Å². The molecule has 22 heavy (non-hydrogen) atoms. The van der Waals surface area contributed by atoms with Gasteiger partial charge in [0.15, 0.2) is 0 Å². The van der Waals surface area contributed by atoms with E-state index < -0.39 is 0 Å². The van der Waals surface area contributed by atoms with Crippen LogP contribution in [-0.4, -0.2) is 19.6 Å². The van der Waals surface area contributed by atoms with E-state index in [1.54, 1.807) is 25.3 Å². The molecule has 2 aromatic carbocycles. The van der Waals surface area contributed by atoms with Crippen LogP contribution in [0.5, 0.6) is 5.75 Å². The molecule has 5 heteroatoms. The minimum atomic E-state index is -0.165. The van der Waals surface area contributed by atoms with Crippen molar-refractivity contribution in [2.45, 2.75) is 13.8 Å². The summed E-state index contributed by atoms with van der Waals surface area (Å²) in [4.78, 5) is 12.1. The highest BCUT2D eigenvalue weighted by Crippen LogP contribution is 2.27. The number of ether oxygens (including phenoxy) is 1. The number of halogens is 1. The molecule has 2 aromatic rings. The Kier molecular flexibility index (Phi) is 5.28. The number of amides is 1. The minimum Gasteiger partial charge on any atom is -0.495 e. The van der Waals surface area contributed by atoms with Crippen LogP contribution in [0.2, 0.25) is 5.02 Å². The van der Waals surface area contributed by atoms with E-state index in [0.717, 1.165) is 16.8 Å². The molecule has 2 rings (SSSR count). The Balaban J connectivity index is 2.01. The van der Waals surface area contributed by atoms with Crippen LogP contribution in [0, 0.1) is 13.8 Å². The maximum atomic E-state index is 12.1. The van der Waals surface area contributed by atoms with E-state index in [0.29, 0.717) is 16.5 Å². The fraction of sp³-hybridized carbons (Fsp3) is 0.235. The molecular weight excluding hydrogens is 300 g/mol. The predicted octanol–water partition coefficient (Wildman–Crippen LogP) is 4.02. The number of anilines is 2. The number of carbonyl (C=O) groups excluding carboxylic acids is 1. The molecule has 0 radical (unpaired) electrons. The van der Waals surface area contributed by atoms with Gasteiger partial charge in [-0.2, -0.15) is 0 Å². The van der Waals surface area contributed by atoms with Crippen molar-refractivity contribution in [3.05, 3.63) is 52.5 Å². The average molecular weight is 319 g/mol. The average Bonchev–Trinajstić information content (AvgIpc) is 2.48. The Labute approximate surface area is 135 Å². The Bertz CT molecular complexity index is 686. The fourth-order valence-corrected chi connectivity index (χ4v) is 2.25. The first kappa shape index (κ1) is 16.2. The third-order valence-electron chi connectivity index (χ3n) is 3.27. The van der Waals surface area contributed by atoms with Crippen LogP contribution >= 0.6 is 11.6 Å². The zero-order valence-electron chi connectivity index (χ0n) is 12.9. The second-order valence-corrected chi connectivity index (χ2v) is 5.50. The maximum absolute atomic E-state index is 12.1. The number of rotatable bonds is 5. The second kappa shape index (κ2) is 7.18. The van der Waals surface area contributed by atoms with Crippen LogP contribution in [0.4, 0.5) is 11.4 Å². The van der Waals surface area contributed by atoms with Crippen molar-refractivity contribution in [3.63, 3.8) is 0 Å². The maximum Gasteiger partial charge on any atom is 0.243 e. The summed E-state index contributed by atoms with van der Waals surface area (Å²) in [6.07, 6.45) is 0. The zero-order chi connectivity index (χ0) is 16.1. The molecule has 116 valence electrons. The lowest BCUT2D eigenvalue weighted by atomic mass is 10.1. The van der Waals surface area contributed by atoms with Gasteiger partial charge in [0.2, 0.25) is 5.91 Å². The van der Waals surface area contributed by atoms with Crippen molar-refractivity contribution in [1.82, 2.24) is 0 Å². The van der Waals surface area contributed by atoms with Gasteiger partial charge < -0.3 is 15.4 Å². The topological polar surface area (TPSA) is 50.4 Å². The Morgan fingerprint density at radius 1 is 1.14 bits per heavy atom. The van der Waals surface area contributed by atoms with Crippen LogP contribution < -0.4 is 15.4 Å². The molecule has 0 atom stereocenters. The normalized spacial score (nSPS) is 10.2. The molecule has 0 unspecified atom stereocenters. The summed E-state index contributed by atoms with van der Waals surface area (Å²) in [6, 6.07) is 11.2. The third kappa shape index (κ3) is 4.15. The highest BCUT2D eigenvalue weighted by Gasteiger charge is 2.09. The van der Waals surface area contributed by atoms with E-state index in [9.17, 15) is 4.79 Å². The zero-order valence-corrected chi connectivity index (χ0v) is 13.6. The highest BCUT2D eigenvalue weighted by molar-refractivity contribution is 6.31. The first-order valence-corrected chi connectivity index (χ1v) is 7.32. The van der Waals surface area contributed by atoms with Gasteiger partial charge in [-0.05, 0) is 49.2 Å². The molecular formula is C17H19ClN2O2. The summed E-state index contributed by atoms with van der Waals surface area (Å²) in [5.74, 6) is 0.408. The van der Waals surface area contributed by atoms with Crippen LogP contribution in [0.25, 0.3) is 0 Å². The number of benzene rings is 2. The predicted molar refractivity (Wildman–Crippen MR) is 91.0 cm³/mol. The highest BCUT2D eigenvalue weighted by atomic mass is 35.5. The molecule has 0 heterocycles. The molecule has 0 aliphatic heterocycles. The van der Waals surface area contributed by atoms with Crippen molar-refractivity contribution in [1.29, 1.82) is 0 Å². The standard InChI is InChI=1S/C17H19ClN2O2/c1-11-4-5-12(2)14(8-11)19-10-17(21)20-15-9-13(18)6-7-16(15)22-3/h4-9,19H,10H2,1-3H3,(H,20,21). The summed E-state index contributed by atoms with van der Waals surface area (Å²) in [6.45, 7) is 4.18. The first-order chi connectivity index (χ1) is 10.5. The number of hydrogen-bond donors (Lipinski definition) is 2. The van der Waals surface area contributed by atoms with E-state index in [-0.39, 0.29) is 12.5 Å². The van der Waals surface area contributed by atoms with Crippen molar-refractivity contribution < 1.29 is 9.53 Å². The molecule has 4 nitrogen and oxygen atoms in total. The molecule has 0 aliphatic rings. The van der Waals surface area contributed by atoms with Crippen molar-refractivity contribution in [2.24, 2.45) is 0 Å². The second-order valence-electron chi connectivity index (χ2n) is 5.06. The first-order valence-electron chi connectivity index (χ1n) is 6.94. The van der Waals surface area contributed by atoms with Crippen LogP contribution in [0.15, 0.2) is 36.4 Å². The van der Waals surface area contributed by atoms with E-state index in [1.165, 1.54) is 0 Å². The lowest BCUT2D eigenvalue weighted by Crippen LogP contribution is -2.22. The van der Waals surface area contributed by atoms with Crippen molar-refractivity contribution in [2.75, 3.05) is 24.3 Å². The van der Waals surface area contributed by atoms with Crippen LogP contribution in [-0.2, 0) is 4.79 Å². The summed E-state index contributed by atoms with van der Waals surface area (Å²) in [7, 11) is 1.55. The monoisotopic (exact) mass is 318 g/mol. The molecule has 2 N–H and O–H groups in total. The van der Waals surface area contributed by atoms with Gasteiger partial charge in [-0.1, -0.05) is 23.7 Å². The van der Waals surface area contributed by atoms with Crippen LogP contribution in [0.3, 0.4) is 0 Å². The lowest BCUT2D eigenvalue weighted by molar-refractivity contribution is -0.114. The Morgan fingerprint density at radius 2 is 1.91 bits per heavy atom. The quantitative estimate of drug-likeness (QED) is 0.875. The molecule has 1 amide bonds. The number of hydrogen-bond acceptors (Lipinski definition) is 3. The summed E-state index contributed by atoms with van der Waals surface area (Å²) < 4.78 is 5.21. The Morgan fingerprint density at radius 3 is 2.64 bits per heavy atom. The Hall–Kier alpha value is -2.20. The van der Waals surface area contributed by atoms with Gasteiger partial charge >= 0.3 is 0 Å². The molecule has 0 bridgehead atoms. The summed E-state index contributed by atoms with van der Waals surface area (Å²) >= 11 is 5.95. The van der Waals surface area contributed by atoms with Gasteiger partial charge in [0.1, 0.15) is 5.75 Å². The van der Waals surface area contributed by atoms with Crippen molar-refractivity contribution in [3.8, 4) is 5.75 Å². The largest absolute Gasteiger partial charge is 0.495 e. The smallest absolute Gasteiger partial charge is 0.243 e. The molecule has 0 saturated carbocycles. The number of aryl methyl sites for hydroxylation is 2. The summed E-state index contributed by atoms with van der Waals surface area (Å²) in [5, 5.41) is 6.48. The summed E-state index contributed by atoms with van der Waals surface area (Å²) in [5.41, 5.74) is 3.75. The van der Waals surface area contributed by atoms with E-state index in [1.807, 2.05) is 32.0 Å². The molecule has 0 spiro atoms. The molecule has 0 aliphatic carbocycles. The number of nitrogens with one attached hydrogen (secondary N) is 2.